The lowest BCUT2D eigenvalue weighted by Crippen LogP contribution is -2.30. The maximum Gasteiger partial charge on any atom is 0.339 e. The largest absolute Gasteiger partial charge is 0.465 e. The number of thioether (sulfide) groups is 1. The van der Waals surface area contributed by atoms with E-state index in [1.54, 1.807) is 18.2 Å². The molecule has 0 amide bonds. The monoisotopic (exact) mass is 408 g/mol. The third kappa shape index (κ3) is 6.52. The predicted molar refractivity (Wildman–Crippen MR) is 114 cm³/mol. The zero-order chi connectivity index (χ0) is 18.9. The first-order chi connectivity index (χ1) is 12.5. The average Bonchev–Trinajstić information content (AvgIpc) is 2.62. The van der Waals surface area contributed by atoms with Gasteiger partial charge >= 0.3 is 5.97 Å². The van der Waals surface area contributed by atoms with Crippen molar-refractivity contribution in [2.45, 2.75) is 12.7 Å². The number of anilines is 1. The van der Waals surface area contributed by atoms with E-state index in [-0.39, 0.29) is 0 Å². The SMILES string of the molecule is COC(=O)c1cc(NC(=S)NCCSCc2cccc(C)c2)ccc1Cl. The summed E-state index contributed by atoms with van der Waals surface area (Å²) in [6.45, 7) is 2.85. The van der Waals surface area contributed by atoms with Crippen LogP contribution in [0, 0.1) is 6.92 Å². The molecule has 0 aliphatic carbocycles. The fourth-order valence-corrected chi connectivity index (χ4v) is 3.49. The summed E-state index contributed by atoms with van der Waals surface area (Å²) in [6, 6.07) is 13.5. The number of methoxy groups -OCH3 is 1. The van der Waals surface area contributed by atoms with Gasteiger partial charge in [-0.3, -0.25) is 0 Å². The number of benzene rings is 2. The number of rotatable bonds is 7. The molecule has 2 aromatic rings. The Morgan fingerprint density at radius 3 is 2.81 bits per heavy atom. The highest BCUT2D eigenvalue weighted by Crippen LogP contribution is 2.21. The third-order valence-corrected chi connectivity index (χ3v) is 5.12. The number of ether oxygens (including phenoxy) is 1. The standard InChI is InChI=1S/C19H21ClN2O2S2/c1-13-4-3-5-14(10-13)12-26-9-8-21-19(25)22-15-6-7-17(20)16(11-15)18(23)24-2/h3-7,10-11H,8-9,12H2,1-2H3,(H2,21,22,25). The van der Waals surface area contributed by atoms with Crippen LogP contribution in [0.5, 0.6) is 0 Å². The minimum Gasteiger partial charge on any atom is -0.465 e. The molecule has 0 radical (unpaired) electrons. The molecule has 0 aliphatic heterocycles. The van der Waals surface area contributed by atoms with Crippen LogP contribution in [-0.4, -0.2) is 30.5 Å². The Hall–Kier alpha value is -1.76. The summed E-state index contributed by atoms with van der Waals surface area (Å²) in [6.07, 6.45) is 0. The molecular weight excluding hydrogens is 388 g/mol. The highest BCUT2D eigenvalue weighted by atomic mass is 35.5. The zero-order valence-corrected chi connectivity index (χ0v) is 17.1. The second kappa shape index (κ2) is 10.4. The highest BCUT2D eigenvalue weighted by Gasteiger charge is 2.11. The van der Waals surface area contributed by atoms with Crippen molar-refractivity contribution in [2.24, 2.45) is 0 Å². The van der Waals surface area contributed by atoms with Crippen molar-refractivity contribution < 1.29 is 9.53 Å². The number of nitrogens with one attached hydrogen (secondary N) is 2. The molecule has 2 aromatic carbocycles. The lowest BCUT2D eigenvalue weighted by Gasteiger charge is -2.12. The molecule has 4 nitrogen and oxygen atoms in total. The highest BCUT2D eigenvalue weighted by molar-refractivity contribution is 7.98. The number of carbonyl (C=O) groups is 1. The summed E-state index contributed by atoms with van der Waals surface area (Å²) >= 11 is 13.1. The minimum atomic E-state index is -0.481. The number of esters is 1. The van der Waals surface area contributed by atoms with Crippen molar-refractivity contribution in [3.63, 3.8) is 0 Å². The summed E-state index contributed by atoms with van der Waals surface area (Å²) in [5, 5.41) is 7.05. The van der Waals surface area contributed by atoms with Gasteiger partial charge in [0.2, 0.25) is 0 Å². The van der Waals surface area contributed by atoms with E-state index in [2.05, 4.69) is 41.8 Å². The van der Waals surface area contributed by atoms with Gasteiger partial charge in [-0.25, -0.2) is 4.79 Å². The quantitative estimate of drug-likeness (QED) is 0.395. The smallest absolute Gasteiger partial charge is 0.339 e. The van der Waals surface area contributed by atoms with E-state index in [1.165, 1.54) is 18.2 Å². The van der Waals surface area contributed by atoms with Gasteiger partial charge in [-0.1, -0.05) is 41.4 Å². The summed E-state index contributed by atoms with van der Waals surface area (Å²) in [5.41, 5.74) is 3.59. The summed E-state index contributed by atoms with van der Waals surface area (Å²) < 4.78 is 4.71. The Morgan fingerprint density at radius 2 is 2.08 bits per heavy atom. The van der Waals surface area contributed by atoms with Crippen molar-refractivity contribution in [2.75, 3.05) is 24.7 Å². The molecule has 2 rings (SSSR count). The van der Waals surface area contributed by atoms with E-state index in [1.807, 2.05) is 11.8 Å². The fourth-order valence-electron chi connectivity index (χ4n) is 2.27. The maximum atomic E-state index is 11.7. The molecule has 0 bridgehead atoms. The Bertz CT molecular complexity index is 784. The molecular formula is C19H21ClN2O2S2. The second-order valence-electron chi connectivity index (χ2n) is 5.61. The number of halogens is 1. The second-order valence-corrected chi connectivity index (χ2v) is 7.53. The van der Waals surface area contributed by atoms with Gasteiger partial charge < -0.3 is 15.4 Å². The van der Waals surface area contributed by atoms with E-state index in [4.69, 9.17) is 28.6 Å². The molecule has 0 saturated heterocycles. The normalized spacial score (nSPS) is 10.3. The Morgan fingerprint density at radius 1 is 1.27 bits per heavy atom. The minimum absolute atomic E-state index is 0.302. The van der Waals surface area contributed by atoms with Gasteiger partial charge in [-0.05, 0) is 42.9 Å². The summed E-state index contributed by atoms with van der Waals surface area (Å²) in [7, 11) is 1.32. The molecule has 0 aromatic heterocycles. The average molecular weight is 409 g/mol. The van der Waals surface area contributed by atoms with Gasteiger partial charge in [-0.2, -0.15) is 11.8 Å². The van der Waals surface area contributed by atoms with Gasteiger partial charge in [0, 0.05) is 23.7 Å². The Labute approximate surface area is 168 Å². The Balaban J connectivity index is 1.74. The predicted octanol–water partition coefficient (Wildman–Crippen LogP) is 4.65. The van der Waals surface area contributed by atoms with Crippen LogP contribution in [0.15, 0.2) is 42.5 Å². The molecule has 0 unspecified atom stereocenters. The van der Waals surface area contributed by atoms with Crippen molar-refractivity contribution in [1.29, 1.82) is 0 Å². The van der Waals surface area contributed by atoms with Crippen molar-refractivity contribution in [3.05, 3.63) is 64.2 Å². The van der Waals surface area contributed by atoms with Crippen molar-refractivity contribution in [3.8, 4) is 0 Å². The number of hydrogen-bond acceptors (Lipinski definition) is 4. The lowest BCUT2D eigenvalue weighted by molar-refractivity contribution is 0.0601. The number of carbonyl (C=O) groups excluding carboxylic acids is 1. The van der Waals surface area contributed by atoms with E-state index < -0.39 is 5.97 Å². The molecule has 2 N–H and O–H groups in total. The summed E-state index contributed by atoms with van der Waals surface area (Å²) in [4.78, 5) is 11.7. The van der Waals surface area contributed by atoms with Crippen LogP contribution in [0.3, 0.4) is 0 Å². The topological polar surface area (TPSA) is 50.4 Å². The third-order valence-electron chi connectivity index (χ3n) is 3.51. The van der Waals surface area contributed by atoms with Gasteiger partial charge in [0.25, 0.3) is 0 Å². The van der Waals surface area contributed by atoms with Crippen molar-refractivity contribution in [1.82, 2.24) is 5.32 Å². The van der Waals surface area contributed by atoms with Crippen LogP contribution >= 0.6 is 35.6 Å². The molecule has 7 heteroatoms. The van der Waals surface area contributed by atoms with E-state index in [0.717, 1.165) is 18.1 Å². The van der Waals surface area contributed by atoms with Gasteiger partial charge in [0.05, 0.1) is 17.7 Å². The van der Waals surface area contributed by atoms with Crippen LogP contribution in [0.4, 0.5) is 5.69 Å². The van der Waals surface area contributed by atoms with E-state index in [0.29, 0.717) is 21.4 Å². The van der Waals surface area contributed by atoms with Gasteiger partial charge in [0.15, 0.2) is 5.11 Å². The molecule has 138 valence electrons. The molecule has 0 spiro atoms. The van der Waals surface area contributed by atoms with E-state index >= 15 is 0 Å². The summed E-state index contributed by atoms with van der Waals surface area (Å²) in [5.74, 6) is 1.43. The van der Waals surface area contributed by atoms with Crippen LogP contribution < -0.4 is 10.6 Å². The molecule has 0 aliphatic rings. The van der Waals surface area contributed by atoms with Crippen LogP contribution in [0.25, 0.3) is 0 Å². The van der Waals surface area contributed by atoms with Crippen LogP contribution in [-0.2, 0) is 10.5 Å². The van der Waals surface area contributed by atoms with Gasteiger partial charge in [0.1, 0.15) is 0 Å². The molecule has 26 heavy (non-hydrogen) atoms. The zero-order valence-electron chi connectivity index (χ0n) is 14.7. The first-order valence-corrected chi connectivity index (χ1v) is 9.99. The lowest BCUT2D eigenvalue weighted by atomic mass is 10.2. The first kappa shape index (κ1) is 20.6. The molecule has 0 fully saturated rings. The molecule has 0 saturated carbocycles. The van der Waals surface area contributed by atoms with E-state index in [9.17, 15) is 4.79 Å². The van der Waals surface area contributed by atoms with Crippen LogP contribution in [0.1, 0.15) is 21.5 Å². The first-order valence-electron chi connectivity index (χ1n) is 8.05. The van der Waals surface area contributed by atoms with Crippen molar-refractivity contribution >= 4 is 52.3 Å². The number of thiocarbonyl (C=S) groups is 1. The molecule has 0 atom stereocenters. The van der Waals surface area contributed by atoms with Crippen LogP contribution in [0.2, 0.25) is 5.02 Å². The maximum absolute atomic E-state index is 11.7. The Kier molecular flexibility index (Phi) is 8.22. The van der Waals surface area contributed by atoms with Gasteiger partial charge in [-0.15, -0.1) is 0 Å². The number of hydrogen-bond donors (Lipinski definition) is 2. The number of aryl methyl sites for hydroxylation is 1. The fraction of sp³-hybridized carbons (Fsp3) is 0.263. The molecule has 0 heterocycles.